The van der Waals surface area contributed by atoms with E-state index in [4.69, 9.17) is 4.74 Å². The first kappa shape index (κ1) is 15.7. The van der Waals surface area contributed by atoms with Crippen LogP contribution in [0.15, 0.2) is 11.6 Å². The van der Waals surface area contributed by atoms with Crippen LogP contribution in [0.5, 0.6) is 0 Å². The Kier molecular flexibility index (Phi) is 8.11. The molecule has 0 N–H and O–H groups in total. The summed E-state index contributed by atoms with van der Waals surface area (Å²) in [6.45, 7) is 8.27. The van der Waals surface area contributed by atoms with Crippen LogP contribution in [-0.4, -0.2) is 25.2 Å². The third kappa shape index (κ3) is 8.48. The molecule has 0 saturated carbocycles. The standard InChI is InChI=1S/C13H22O4/c1-5-16-12(14)13(15)17-9-8-11(4)7-6-10(2)3/h6,11H,5,7-9H2,1-4H3. The van der Waals surface area contributed by atoms with Gasteiger partial charge < -0.3 is 9.47 Å². The lowest BCUT2D eigenvalue weighted by Crippen LogP contribution is -2.21. The van der Waals surface area contributed by atoms with Gasteiger partial charge in [0.05, 0.1) is 13.2 Å². The van der Waals surface area contributed by atoms with Crippen molar-refractivity contribution in [3.8, 4) is 0 Å². The van der Waals surface area contributed by atoms with E-state index < -0.39 is 11.9 Å². The second-order valence-corrected chi connectivity index (χ2v) is 4.27. The molecular formula is C13H22O4. The first-order valence-electron chi connectivity index (χ1n) is 5.94. The number of allylic oxidation sites excluding steroid dienone is 2. The number of rotatable bonds is 6. The zero-order chi connectivity index (χ0) is 13.3. The fraction of sp³-hybridized carbons (Fsp3) is 0.692. The molecule has 4 nitrogen and oxygen atoms in total. The predicted molar refractivity (Wildman–Crippen MR) is 65.4 cm³/mol. The SMILES string of the molecule is CCOC(=O)C(=O)OCCC(C)CC=C(C)C. The lowest BCUT2D eigenvalue weighted by atomic mass is 10.0. The van der Waals surface area contributed by atoms with E-state index >= 15 is 0 Å². The number of carbonyl (C=O) groups is 2. The molecule has 0 aromatic carbocycles. The van der Waals surface area contributed by atoms with Crippen molar-refractivity contribution in [3.63, 3.8) is 0 Å². The van der Waals surface area contributed by atoms with Crippen LogP contribution in [0.1, 0.15) is 40.5 Å². The van der Waals surface area contributed by atoms with Gasteiger partial charge in [-0.25, -0.2) is 9.59 Å². The molecule has 0 amide bonds. The molecule has 98 valence electrons. The number of hydrogen-bond donors (Lipinski definition) is 0. The first-order chi connectivity index (χ1) is 7.97. The molecule has 0 aromatic heterocycles. The van der Waals surface area contributed by atoms with Crippen LogP contribution in [0.4, 0.5) is 0 Å². The number of esters is 2. The zero-order valence-corrected chi connectivity index (χ0v) is 11.1. The van der Waals surface area contributed by atoms with Crippen LogP contribution in [0.25, 0.3) is 0 Å². The Balaban J connectivity index is 3.72. The van der Waals surface area contributed by atoms with Crippen molar-refractivity contribution in [1.29, 1.82) is 0 Å². The number of hydrogen-bond acceptors (Lipinski definition) is 4. The normalized spacial score (nSPS) is 11.5. The average molecular weight is 242 g/mol. The van der Waals surface area contributed by atoms with Crippen molar-refractivity contribution in [2.75, 3.05) is 13.2 Å². The maximum Gasteiger partial charge on any atom is 0.417 e. The quantitative estimate of drug-likeness (QED) is 0.408. The van der Waals surface area contributed by atoms with E-state index in [1.54, 1.807) is 6.92 Å². The van der Waals surface area contributed by atoms with E-state index in [2.05, 4.69) is 17.7 Å². The molecule has 0 aliphatic rings. The van der Waals surface area contributed by atoms with Gasteiger partial charge in [0.25, 0.3) is 0 Å². The van der Waals surface area contributed by atoms with E-state index in [0.717, 1.165) is 12.8 Å². The third-order valence-electron chi connectivity index (χ3n) is 2.21. The van der Waals surface area contributed by atoms with Crippen molar-refractivity contribution in [1.82, 2.24) is 0 Å². The smallest absolute Gasteiger partial charge is 0.417 e. The summed E-state index contributed by atoms with van der Waals surface area (Å²) in [5.41, 5.74) is 1.28. The van der Waals surface area contributed by atoms with E-state index in [1.807, 2.05) is 13.8 Å². The highest BCUT2D eigenvalue weighted by Gasteiger charge is 2.16. The molecular weight excluding hydrogens is 220 g/mol. The van der Waals surface area contributed by atoms with Crippen molar-refractivity contribution in [3.05, 3.63) is 11.6 Å². The van der Waals surface area contributed by atoms with Crippen molar-refractivity contribution >= 4 is 11.9 Å². The predicted octanol–water partition coefficient (Wildman–Crippen LogP) is 2.48. The Morgan fingerprint density at radius 2 is 1.76 bits per heavy atom. The summed E-state index contributed by atoms with van der Waals surface area (Å²) in [6.07, 6.45) is 3.85. The van der Waals surface area contributed by atoms with Gasteiger partial charge in [-0.15, -0.1) is 0 Å². The lowest BCUT2D eigenvalue weighted by molar-refractivity contribution is -0.167. The minimum atomic E-state index is -0.913. The van der Waals surface area contributed by atoms with E-state index in [1.165, 1.54) is 5.57 Å². The topological polar surface area (TPSA) is 52.6 Å². The molecule has 0 aliphatic heterocycles. The second-order valence-electron chi connectivity index (χ2n) is 4.27. The third-order valence-corrected chi connectivity index (χ3v) is 2.21. The average Bonchev–Trinajstić information content (AvgIpc) is 2.26. The second kappa shape index (κ2) is 8.79. The largest absolute Gasteiger partial charge is 0.458 e. The van der Waals surface area contributed by atoms with Crippen molar-refractivity contribution < 1.29 is 19.1 Å². The molecule has 1 atom stereocenters. The van der Waals surface area contributed by atoms with Gasteiger partial charge in [0.2, 0.25) is 0 Å². The Morgan fingerprint density at radius 1 is 1.18 bits per heavy atom. The molecule has 0 rings (SSSR count). The van der Waals surface area contributed by atoms with E-state index in [-0.39, 0.29) is 13.2 Å². The van der Waals surface area contributed by atoms with Crippen LogP contribution in [0.3, 0.4) is 0 Å². The Morgan fingerprint density at radius 3 is 2.29 bits per heavy atom. The lowest BCUT2D eigenvalue weighted by Gasteiger charge is -2.09. The summed E-state index contributed by atoms with van der Waals surface area (Å²) in [5.74, 6) is -1.38. The molecule has 17 heavy (non-hydrogen) atoms. The van der Waals surface area contributed by atoms with Gasteiger partial charge in [-0.3, -0.25) is 0 Å². The number of ether oxygens (including phenoxy) is 2. The molecule has 1 unspecified atom stereocenters. The van der Waals surface area contributed by atoms with Gasteiger partial charge in [-0.05, 0) is 39.5 Å². The van der Waals surface area contributed by atoms with Crippen molar-refractivity contribution in [2.24, 2.45) is 5.92 Å². The van der Waals surface area contributed by atoms with Crippen LogP contribution >= 0.6 is 0 Å². The van der Waals surface area contributed by atoms with Gasteiger partial charge in [-0.1, -0.05) is 18.6 Å². The Bertz CT molecular complexity index is 277. The minimum Gasteiger partial charge on any atom is -0.458 e. The van der Waals surface area contributed by atoms with E-state index in [9.17, 15) is 9.59 Å². The van der Waals surface area contributed by atoms with Crippen LogP contribution in [-0.2, 0) is 19.1 Å². The summed E-state index contributed by atoms with van der Waals surface area (Å²) < 4.78 is 9.32. The molecule has 0 spiro atoms. The highest BCUT2D eigenvalue weighted by atomic mass is 16.6. The Hall–Kier alpha value is -1.32. The molecule has 0 fully saturated rings. The van der Waals surface area contributed by atoms with Crippen molar-refractivity contribution in [2.45, 2.75) is 40.5 Å². The molecule has 0 heterocycles. The monoisotopic (exact) mass is 242 g/mol. The summed E-state index contributed by atoms with van der Waals surface area (Å²) in [4.78, 5) is 22.0. The minimum absolute atomic E-state index is 0.185. The highest BCUT2D eigenvalue weighted by molar-refractivity contribution is 6.29. The molecule has 0 aromatic rings. The highest BCUT2D eigenvalue weighted by Crippen LogP contribution is 2.10. The summed E-state index contributed by atoms with van der Waals surface area (Å²) in [5, 5.41) is 0. The molecule has 0 saturated heterocycles. The summed E-state index contributed by atoms with van der Waals surface area (Å²) in [7, 11) is 0. The maximum atomic E-state index is 11.1. The molecule has 0 radical (unpaired) electrons. The molecule has 0 bridgehead atoms. The fourth-order valence-corrected chi connectivity index (χ4v) is 1.16. The van der Waals surface area contributed by atoms with Crippen LogP contribution in [0, 0.1) is 5.92 Å². The van der Waals surface area contributed by atoms with Crippen LogP contribution < -0.4 is 0 Å². The van der Waals surface area contributed by atoms with Gasteiger partial charge in [0.15, 0.2) is 0 Å². The summed E-state index contributed by atoms with van der Waals surface area (Å²) >= 11 is 0. The van der Waals surface area contributed by atoms with Gasteiger partial charge in [0, 0.05) is 0 Å². The summed E-state index contributed by atoms with van der Waals surface area (Å²) in [6, 6.07) is 0. The van der Waals surface area contributed by atoms with E-state index in [0.29, 0.717) is 5.92 Å². The number of carbonyl (C=O) groups excluding carboxylic acids is 2. The Labute approximate surface area is 103 Å². The maximum absolute atomic E-state index is 11.1. The molecule has 0 aliphatic carbocycles. The fourth-order valence-electron chi connectivity index (χ4n) is 1.16. The molecule has 4 heteroatoms. The van der Waals surface area contributed by atoms with Crippen LogP contribution in [0.2, 0.25) is 0 Å². The first-order valence-corrected chi connectivity index (χ1v) is 5.94. The zero-order valence-electron chi connectivity index (χ0n) is 11.1. The van der Waals surface area contributed by atoms with Gasteiger partial charge in [-0.2, -0.15) is 0 Å². The van der Waals surface area contributed by atoms with Gasteiger partial charge in [0.1, 0.15) is 0 Å². The van der Waals surface area contributed by atoms with Gasteiger partial charge >= 0.3 is 11.9 Å².